The predicted octanol–water partition coefficient (Wildman–Crippen LogP) is 1.17. The molecule has 1 atom stereocenters. The van der Waals surface area contributed by atoms with Crippen molar-refractivity contribution in [2.24, 2.45) is 0 Å². The van der Waals surface area contributed by atoms with Crippen LogP contribution in [0.25, 0.3) is 11.0 Å². The van der Waals surface area contributed by atoms with Gasteiger partial charge in [-0.05, 0) is 25.5 Å². The average Bonchev–Trinajstić information content (AvgIpc) is 3.19. The molecule has 0 N–H and O–H groups in total. The van der Waals surface area contributed by atoms with E-state index >= 15 is 0 Å². The van der Waals surface area contributed by atoms with Crippen LogP contribution in [0.2, 0.25) is 0 Å². The maximum atomic E-state index is 12.8. The van der Waals surface area contributed by atoms with Crippen molar-refractivity contribution >= 4 is 21.2 Å². The third kappa shape index (κ3) is 2.63. The number of rotatable bonds is 3. The molecular weight excluding hydrogens is 328 g/mol. The number of aromatic nitrogens is 2. The highest BCUT2D eigenvalue weighted by molar-refractivity contribution is 7.86. The van der Waals surface area contributed by atoms with E-state index in [9.17, 15) is 8.42 Å². The first kappa shape index (κ1) is 16.0. The highest BCUT2D eigenvalue weighted by Gasteiger charge is 2.37. The van der Waals surface area contributed by atoms with Crippen LogP contribution in [-0.4, -0.2) is 66.0 Å². The van der Waals surface area contributed by atoms with E-state index in [1.807, 2.05) is 25.1 Å². The molecule has 24 heavy (non-hydrogen) atoms. The number of para-hydroxylation sites is 2. The molecule has 0 spiro atoms. The number of ether oxygens (including phenoxy) is 1. The summed E-state index contributed by atoms with van der Waals surface area (Å²) < 4.78 is 36.2. The molecule has 0 amide bonds. The van der Waals surface area contributed by atoms with Crippen molar-refractivity contribution in [3.8, 4) is 0 Å². The zero-order valence-electron chi connectivity index (χ0n) is 13.8. The lowest BCUT2D eigenvalue weighted by molar-refractivity contribution is 0.0705. The lowest BCUT2D eigenvalue weighted by Gasteiger charge is -2.30. The van der Waals surface area contributed by atoms with E-state index in [0.29, 0.717) is 39.4 Å². The molecule has 8 heteroatoms. The second-order valence-electron chi connectivity index (χ2n) is 6.34. The fourth-order valence-corrected chi connectivity index (χ4v) is 5.33. The van der Waals surface area contributed by atoms with Gasteiger partial charge in [-0.3, -0.25) is 0 Å². The van der Waals surface area contributed by atoms with Gasteiger partial charge in [0.2, 0.25) is 0 Å². The standard InChI is InChI=1S/C16H22N4O3S/c1-13-17-15-4-2-3-5-16(15)20(13)14-6-7-19(12-14)24(21,22)18-8-10-23-11-9-18/h2-5,14H,6-12H2,1H3. The number of fused-ring (bicyclic) bond motifs is 1. The molecule has 2 fully saturated rings. The normalized spacial score (nSPS) is 24.0. The Balaban J connectivity index is 1.59. The number of hydrogen-bond acceptors (Lipinski definition) is 4. The highest BCUT2D eigenvalue weighted by atomic mass is 32.2. The molecule has 3 heterocycles. The van der Waals surface area contributed by atoms with Gasteiger partial charge in [-0.1, -0.05) is 12.1 Å². The van der Waals surface area contributed by atoms with E-state index in [-0.39, 0.29) is 6.04 Å². The summed E-state index contributed by atoms with van der Waals surface area (Å²) in [4.78, 5) is 4.60. The van der Waals surface area contributed by atoms with Crippen LogP contribution < -0.4 is 0 Å². The van der Waals surface area contributed by atoms with Gasteiger partial charge in [0, 0.05) is 26.2 Å². The first-order valence-corrected chi connectivity index (χ1v) is 9.73. The van der Waals surface area contributed by atoms with Crippen molar-refractivity contribution < 1.29 is 13.2 Å². The van der Waals surface area contributed by atoms with E-state index in [0.717, 1.165) is 23.3 Å². The second kappa shape index (κ2) is 6.11. The fourth-order valence-electron chi connectivity index (χ4n) is 3.70. The molecule has 0 bridgehead atoms. The van der Waals surface area contributed by atoms with Crippen molar-refractivity contribution in [1.29, 1.82) is 0 Å². The summed E-state index contributed by atoms with van der Waals surface area (Å²) in [5.41, 5.74) is 2.04. The van der Waals surface area contributed by atoms with Crippen molar-refractivity contribution in [3.63, 3.8) is 0 Å². The van der Waals surface area contributed by atoms with Gasteiger partial charge in [-0.2, -0.15) is 17.0 Å². The number of hydrogen-bond donors (Lipinski definition) is 0. The summed E-state index contributed by atoms with van der Waals surface area (Å²) in [7, 11) is -3.40. The summed E-state index contributed by atoms with van der Waals surface area (Å²) in [6, 6.07) is 8.15. The number of morpholine rings is 1. The van der Waals surface area contributed by atoms with Crippen LogP contribution in [0.4, 0.5) is 0 Å². The van der Waals surface area contributed by atoms with Gasteiger partial charge in [0.25, 0.3) is 10.2 Å². The Kier molecular flexibility index (Phi) is 4.07. The van der Waals surface area contributed by atoms with E-state index < -0.39 is 10.2 Å². The lowest BCUT2D eigenvalue weighted by atomic mass is 10.2. The minimum atomic E-state index is -3.40. The maximum absolute atomic E-state index is 12.8. The quantitative estimate of drug-likeness (QED) is 0.833. The van der Waals surface area contributed by atoms with Gasteiger partial charge in [-0.15, -0.1) is 0 Å². The van der Waals surface area contributed by atoms with Crippen molar-refractivity contribution in [1.82, 2.24) is 18.2 Å². The number of aryl methyl sites for hydroxylation is 1. The number of imidazole rings is 1. The Morgan fingerprint density at radius 2 is 1.88 bits per heavy atom. The maximum Gasteiger partial charge on any atom is 0.282 e. The Morgan fingerprint density at radius 1 is 1.12 bits per heavy atom. The van der Waals surface area contributed by atoms with E-state index in [2.05, 4.69) is 15.6 Å². The Bertz CT molecular complexity index is 842. The smallest absolute Gasteiger partial charge is 0.282 e. The zero-order chi connectivity index (χ0) is 16.7. The average molecular weight is 350 g/mol. The molecular formula is C16H22N4O3S. The summed E-state index contributed by atoms with van der Waals surface area (Å²) in [6.07, 6.45) is 0.810. The van der Waals surface area contributed by atoms with E-state index in [1.165, 1.54) is 4.31 Å². The molecule has 130 valence electrons. The van der Waals surface area contributed by atoms with Crippen molar-refractivity contribution in [2.75, 3.05) is 39.4 Å². The molecule has 2 aliphatic heterocycles. The van der Waals surface area contributed by atoms with Crippen molar-refractivity contribution in [3.05, 3.63) is 30.1 Å². The van der Waals surface area contributed by atoms with Gasteiger partial charge in [0.1, 0.15) is 5.82 Å². The minimum absolute atomic E-state index is 0.133. The van der Waals surface area contributed by atoms with E-state index in [4.69, 9.17) is 4.74 Å². The SMILES string of the molecule is Cc1nc2ccccc2n1C1CCN(S(=O)(=O)N2CCOCC2)C1. The lowest BCUT2D eigenvalue weighted by Crippen LogP contribution is -2.47. The molecule has 2 saturated heterocycles. The van der Waals surface area contributed by atoms with Gasteiger partial charge in [0.15, 0.2) is 0 Å². The van der Waals surface area contributed by atoms with Crippen LogP contribution in [0.3, 0.4) is 0 Å². The van der Waals surface area contributed by atoms with Gasteiger partial charge >= 0.3 is 0 Å². The Morgan fingerprint density at radius 3 is 2.67 bits per heavy atom. The molecule has 0 aliphatic carbocycles. The van der Waals surface area contributed by atoms with Crippen LogP contribution in [0.5, 0.6) is 0 Å². The first-order valence-electron chi connectivity index (χ1n) is 8.34. The highest BCUT2D eigenvalue weighted by Crippen LogP contribution is 2.30. The fraction of sp³-hybridized carbons (Fsp3) is 0.562. The van der Waals surface area contributed by atoms with Gasteiger partial charge in [0.05, 0.1) is 30.3 Å². The van der Waals surface area contributed by atoms with Gasteiger partial charge < -0.3 is 9.30 Å². The second-order valence-corrected chi connectivity index (χ2v) is 8.27. The number of nitrogens with zero attached hydrogens (tertiary/aromatic N) is 4. The third-order valence-electron chi connectivity index (χ3n) is 4.89. The Labute approximate surface area is 142 Å². The number of benzene rings is 1. The minimum Gasteiger partial charge on any atom is -0.379 e. The summed E-state index contributed by atoms with van der Waals surface area (Å²) in [5, 5.41) is 0. The molecule has 2 aromatic rings. The summed E-state index contributed by atoms with van der Waals surface area (Å²) >= 11 is 0. The monoisotopic (exact) mass is 350 g/mol. The zero-order valence-corrected chi connectivity index (χ0v) is 14.6. The predicted molar refractivity (Wildman–Crippen MR) is 91.0 cm³/mol. The van der Waals surface area contributed by atoms with Crippen molar-refractivity contribution in [2.45, 2.75) is 19.4 Å². The van der Waals surface area contributed by atoms with Crippen LogP contribution >= 0.6 is 0 Å². The molecule has 0 radical (unpaired) electrons. The van der Waals surface area contributed by atoms with Crippen LogP contribution in [0.1, 0.15) is 18.3 Å². The van der Waals surface area contributed by atoms with Crippen LogP contribution in [0.15, 0.2) is 24.3 Å². The third-order valence-corrected chi connectivity index (χ3v) is 6.89. The van der Waals surface area contributed by atoms with Gasteiger partial charge in [-0.25, -0.2) is 4.98 Å². The van der Waals surface area contributed by atoms with Crippen LogP contribution in [0, 0.1) is 6.92 Å². The molecule has 7 nitrogen and oxygen atoms in total. The largest absolute Gasteiger partial charge is 0.379 e. The topological polar surface area (TPSA) is 67.7 Å². The Hall–Kier alpha value is -1.48. The van der Waals surface area contributed by atoms with E-state index in [1.54, 1.807) is 4.31 Å². The molecule has 1 unspecified atom stereocenters. The summed E-state index contributed by atoms with van der Waals surface area (Å²) in [5.74, 6) is 0.937. The summed E-state index contributed by atoms with van der Waals surface area (Å²) in [6.45, 7) is 4.87. The first-order chi connectivity index (χ1) is 11.6. The molecule has 1 aromatic carbocycles. The molecule has 2 aliphatic rings. The molecule has 4 rings (SSSR count). The molecule has 1 aromatic heterocycles. The molecule has 0 saturated carbocycles. The van der Waals surface area contributed by atoms with Crippen LogP contribution in [-0.2, 0) is 14.9 Å².